The molecule has 1 fully saturated rings. The molecule has 2 aromatic rings. The van der Waals surface area contributed by atoms with E-state index in [0.717, 1.165) is 48.3 Å². The molecule has 3 heteroatoms. The number of nitriles is 1. The van der Waals surface area contributed by atoms with Crippen molar-refractivity contribution in [1.29, 1.82) is 5.26 Å². The summed E-state index contributed by atoms with van der Waals surface area (Å²) in [5.74, 6) is 0. The van der Waals surface area contributed by atoms with Gasteiger partial charge in [0.2, 0.25) is 0 Å². The van der Waals surface area contributed by atoms with Crippen molar-refractivity contribution in [2.75, 3.05) is 31.2 Å². The Balaban J connectivity index is 2.10. The van der Waals surface area contributed by atoms with E-state index in [2.05, 4.69) is 23.1 Å². The molecule has 0 aromatic heterocycles. The summed E-state index contributed by atoms with van der Waals surface area (Å²) in [6, 6.07) is 14.5. The molecule has 0 radical (unpaired) electrons. The SMILES string of the molecule is N#Cc1cc(N2CCOCC2)cc2ccccc12. The van der Waals surface area contributed by atoms with E-state index in [-0.39, 0.29) is 0 Å². The van der Waals surface area contributed by atoms with E-state index in [0.29, 0.717) is 0 Å². The molecular formula is C15H14N2O. The van der Waals surface area contributed by atoms with Gasteiger partial charge in [0.15, 0.2) is 0 Å². The Kier molecular flexibility index (Phi) is 2.87. The van der Waals surface area contributed by atoms with Crippen molar-refractivity contribution >= 4 is 16.5 Å². The predicted molar refractivity (Wildman–Crippen MR) is 71.7 cm³/mol. The van der Waals surface area contributed by atoms with Gasteiger partial charge < -0.3 is 9.64 Å². The molecule has 3 nitrogen and oxygen atoms in total. The average Bonchev–Trinajstić information content (AvgIpc) is 2.47. The third-order valence-electron chi connectivity index (χ3n) is 3.34. The van der Waals surface area contributed by atoms with Crippen molar-refractivity contribution in [1.82, 2.24) is 0 Å². The summed E-state index contributed by atoms with van der Waals surface area (Å²) >= 11 is 0. The first-order valence-corrected chi connectivity index (χ1v) is 6.14. The van der Waals surface area contributed by atoms with E-state index in [1.54, 1.807) is 0 Å². The third-order valence-corrected chi connectivity index (χ3v) is 3.34. The predicted octanol–water partition coefficient (Wildman–Crippen LogP) is 2.55. The summed E-state index contributed by atoms with van der Waals surface area (Å²) in [6.45, 7) is 3.30. The molecule has 0 spiro atoms. The van der Waals surface area contributed by atoms with Crippen LogP contribution in [-0.4, -0.2) is 26.3 Å². The van der Waals surface area contributed by atoms with Gasteiger partial charge in [0.25, 0.3) is 0 Å². The molecule has 3 rings (SSSR count). The monoisotopic (exact) mass is 238 g/mol. The molecule has 0 aliphatic carbocycles. The van der Waals surface area contributed by atoms with Crippen LogP contribution in [0, 0.1) is 11.3 Å². The lowest BCUT2D eigenvalue weighted by molar-refractivity contribution is 0.122. The van der Waals surface area contributed by atoms with E-state index in [9.17, 15) is 5.26 Å². The summed E-state index contributed by atoms with van der Waals surface area (Å²) in [4.78, 5) is 2.27. The maximum Gasteiger partial charge on any atom is 0.0998 e. The standard InChI is InChI=1S/C15H14N2O/c16-11-13-10-14(17-5-7-18-8-6-17)9-12-3-1-2-4-15(12)13/h1-4,9-10H,5-8H2. The lowest BCUT2D eigenvalue weighted by Gasteiger charge is -2.29. The summed E-state index contributed by atoms with van der Waals surface area (Å²) in [5.41, 5.74) is 1.86. The first-order chi connectivity index (χ1) is 8.88. The Morgan fingerprint density at radius 1 is 1.11 bits per heavy atom. The van der Waals surface area contributed by atoms with Crippen LogP contribution in [0.3, 0.4) is 0 Å². The van der Waals surface area contributed by atoms with Gasteiger partial charge in [0, 0.05) is 18.8 Å². The first-order valence-electron chi connectivity index (χ1n) is 6.14. The summed E-state index contributed by atoms with van der Waals surface area (Å²) in [7, 11) is 0. The molecule has 18 heavy (non-hydrogen) atoms. The Bertz CT molecular complexity index is 609. The van der Waals surface area contributed by atoms with Crippen molar-refractivity contribution in [3.8, 4) is 6.07 Å². The fraction of sp³-hybridized carbons (Fsp3) is 0.267. The highest BCUT2D eigenvalue weighted by Crippen LogP contribution is 2.26. The number of fused-ring (bicyclic) bond motifs is 1. The minimum atomic E-state index is 0.745. The maximum atomic E-state index is 9.27. The number of anilines is 1. The number of morpholine rings is 1. The number of benzene rings is 2. The molecule has 0 saturated carbocycles. The smallest absolute Gasteiger partial charge is 0.0998 e. The Hall–Kier alpha value is -2.05. The fourth-order valence-electron chi connectivity index (χ4n) is 2.39. The van der Waals surface area contributed by atoms with Crippen LogP contribution in [0.4, 0.5) is 5.69 Å². The van der Waals surface area contributed by atoms with Crippen molar-refractivity contribution in [3.63, 3.8) is 0 Å². The van der Waals surface area contributed by atoms with Gasteiger partial charge in [-0.1, -0.05) is 24.3 Å². The molecule has 0 amide bonds. The van der Waals surface area contributed by atoms with Crippen LogP contribution < -0.4 is 4.90 Å². The Labute approximate surface area is 106 Å². The van der Waals surface area contributed by atoms with Gasteiger partial charge in [-0.05, 0) is 22.9 Å². The van der Waals surface area contributed by atoms with Crippen molar-refractivity contribution < 1.29 is 4.74 Å². The summed E-state index contributed by atoms with van der Waals surface area (Å²) in [6.07, 6.45) is 0. The van der Waals surface area contributed by atoms with Crippen molar-refractivity contribution in [2.24, 2.45) is 0 Å². The topological polar surface area (TPSA) is 36.3 Å². The van der Waals surface area contributed by atoms with Gasteiger partial charge in [-0.3, -0.25) is 0 Å². The van der Waals surface area contributed by atoms with E-state index in [1.165, 1.54) is 0 Å². The molecule has 1 saturated heterocycles. The maximum absolute atomic E-state index is 9.27. The van der Waals surface area contributed by atoms with Crippen LogP contribution in [-0.2, 0) is 4.74 Å². The van der Waals surface area contributed by atoms with Gasteiger partial charge in [-0.25, -0.2) is 0 Å². The number of rotatable bonds is 1. The molecule has 90 valence electrons. The molecule has 0 atom stereocenters. The van der Waals surface area contributed by atoms with Crippen LogP contribution in [0.25, 0.3) is 10.8 Å². The zero-order chi connectivity index (χ0) is 12.4. The Morgan fingerprint density at radius 2 is 1.89 bits per heavy atom. The molecule has 1 aliphatic rings. The first kappa shape index (κ1) is 11.1. The van der Waals surface area contributed by atoms with Crippen LogP contribution in [0.15, 0.2) is 36.4 Å². The number of nitrogens with zero attached hydrogens (tertiary/aromatic N) is 2. The minimum absolute atomic E-state index is 0.745. The molecule has 0 bridgehead atoms. The van der Waals surface area contributed by atoms with E-state index in [1.807, 2.05) is 24.3 Å². The van der Waals surface area contributed by atoms with Crippen molar-refractivity contribution in [2.45, 2.75) is 0 Å². The van der Waals surface area contributed by atoms with Crippen molar-refractivity contribution in [3.05, 3.63) is 42.0 Å². The zero-order valence-corrected chi connectivity index (χ0v) is 10.1. The third kappa shape index (κ3) is 1.92. The van der Waals surface area contributed by atoms with E-state index in [4.69, 9.17) is 4.74 Å². The second kappa shape index (κ2) is 4.67. The number of hydrogen-bond donors (Lipinski definition) is 0. The largest absolute Gasteiger partial charge is 0.378 e. The number of ether oxygens (including phenoxy) is 1. The van der Waals surface area contributed by atoms with Crippen LogP contribution in [0.2, 0.25) is 0 Å². The van der Waals surface area contributed by atoms with Crippen LogP contribution in [0.5, 0.6) is 0 Å². The lowest BCUT2D eigenvalue weighted by Crippen LogP contribution is -2.36. The van der Waals surface area contributed by atoms with Gasteiger partial charge in [0.1, 0.15) is 0 Å². The molecule has 2 aromatic carbocycles. The van der Waals surface area contributed by atoms with E-state index < -0.39 is 0 Å². The second-order valence-corrected chi connectivity index (χ2v) is 4.43. The normalized spacial score (nSPS) is 15.6. The average molecular weight is 238 g/mol. The summed E-state index contributed by atoms with van der Waals surface area (Å²) in [5, 5.41) is 11.4. The van der Waals surface area contributed by atoms with Crippen LogP contribution >= 0.6 is 0 Å². The highest BCUT2D eigenvalue weighted by molar-refractivity contribution is 5.91. The van der Waals surface area contributed by atoms with Crippen LogP contribution in [0.1, 0.15) is 5.56 Å². The molecule has 0 unspecified atom stereocenters. The lowest BCUT2D eigenvalue weighted by atomic mass is 10.0. The molecule has 0 N–H and O–H groups in total. The Morgan fingerprint density at radius 3 is 2.67 bits per heavy atom. The fourth-order valence-corrected chi connectivity index (χ4v) is 2.39. The second-order valence-electron chi connectivity index (χ2n) is 4.43. The summed E-state index contributed by atoms with van der Waals surface area (Å²) < 4.78 is 5.36. The molecule has 1 heterocycles. The minimum Gasteiger partial charge on any atom is -0.378 e. The van der Waals surface area contributed by atoms with E-state index >= 15 is 0 Å². The van der Waals surface area contributed by atoms with Gasteiger partial charge in [-0.15, -0.1) is 0 Å². The van der Waals surface area contributed by atoms with Gasteiger partial charge >= 0.3 is 0 Å². The quantitative estimate of drug-likeness (QED) is 0.766. The van der Waals surface area contributed by atoms with Gasteiger partial charge in [0.05, 0.1) is 24.8 Å². The highest BCUT2D eigenvalue weighted by atomic mass is 16.5. The molecule has 1 aliphatic heterocycles. The zero-order valence-electron chi connectivity index (χ0n) is 10.1. The molecular weight excluding hydrogens is 224 g/mol. The number of hydrogen-bond acceptors (Lipinski definition) is 3. The highest BCUT2D eigenvalue weighted by Gasteiger charge is 2.13. The van der Waals surface area contributed by atoms with Gasteiger partial charge in [-0.2, -0.15) is 5.26 Å².